The number of ether oxygens (including phenoxy) is 1. The molecule has 2 amide bonds. The second kappa shape index (κ2) is 10.2. The third-order valence-corrected chi connectivity index (χ3v) is 7.95. The molecule has 8 nitrogen and oxygen atoms in total. The molecule has 40 heavy (non-hydrogen) atoms. The Kier molecular flexibility index (Phi) is 7.19. The van der Waals surface area contributed by atoms with Crippen molar-refractivity contribution in [3.63, 3.8) is 0 Å². The molecule has 0 spiro atoms. The van der Waals surface area contributed by atoms with Gasteiger partial charge in [0.15, 0.2) is 0 Å². The Balaban J connectivity index is 1.61. The molecule has 8 heteroatoms. The summed E-state index contributed by atoms with van der Waals surface area (Å²) in [4.78, 5) is 37.9. The van der Waals surface area contributed by atoms with Gasteiger partial charge in [0.1, 0.15) is 16.8 Å². The van der Waals surface area contributed by atoms with Gasteiger partial charge in [-0.2, -0.15) is 0 Å². The predicted molar refractivity (Wildman–Crippen MR) is 156 cm³/mol. The average Bonchev–Trinajstić information content (AvgIpc) is 3.53. The Morgan fingerprint density at radius 1 is 1.10 bits per heavy atom. The summed E-state index contributed by atoms with van der Waals surface area (Å²) in [5, 5.41) is 11.6. The Labute approximate surface area is 236 Å². The van der Waals surface area contributed by atoms with E-state index >= 15 is 0 Å². The number of pyridine rings is 1. The van der Waals surface area contributed by atoms with Gasteiger partial charge in [0.05, 0.1) is 6.04 Å². The lowest BCUT2D eigenvalue weighted by atomic mass is 9.86. The summed E-state index contributed by atoms with van der Waals surface area (Å²) < 4.78 is 5.79. The van der Waals surface area contributed by atoms with Gasteiger partial charge in [-0.1, -0.05) is 19.9 Å². The number of carbonyl (C=O) groups is 2. The van der Waals surface area contributed by atoms with Gasteiger partial charge >= 0.3 is 6.09 Å². The summed E-state index contributed by atoms with van der Waals surface area (Å²) in [6.07, 6.45) is 6.00. The molecule has 2 aliphatic heterocycles. The van der Waals surface area contributed by atoms with Gasteiger partial charge in [0, 0.05) is 43.0 Å². The van der Waals surface area contributed by atoms with Crippen LogP contribution in [0.5, 0.6) is 0 Å². The highest BCUT2D eigenvalue weighted by Gasteiger charge is 2.38. The van der Waals surface area contributed by atoms with Crippen LogP contribution >= 0.6 is 0 Å². The lowest BCUT2D eigenvalue weighted by molar-refractivity contribution is -0.148. The first-order valence-electron chi connectivity index (χ1n) is 14.4. The smallest absolute Gasteiger partial charge is 0.410 e. The number of hydrogen-bond acceptors (Lipinski definition) is 5. The zero-order valence-corrected chi connectivity index (χ0v) is 24.8. The van der Waals surface area contributed by atoms with Crippen LogP contribution in [0.15, 0.2) is 30.6 Å². The van der Waals surface area contributed by atoms with E-state index in [9.17, 15) is 14.7 Å². The van der Waals surface area contributed by atoms with Gasteiger partial charge in [0.25, 0.3) is 5.91 Å². The van der Waals surface area contributed by atoms with Crippen LogP contribution in [0.2, 0.25) is 0 Å². The third-order valence-electron chi connectivity index (χ3n) is 7.95. The standard InChI is InChI=1S/C32H42N4O4/c1-19(2)25-17-34-28-24(25)15-22(16-33-28)21-13-20-10-12-35(29(37)32(6,7)39)18-26(20)23(14-21)27-9-8-11-36(27)30(38)40-31(3,4)5/h13-17,19,27,39H,8-12,18H2,1-7H3,(H,33,34)/t27-/m0/s1. The second-order valence-corrected chi connectivity index (χ2v) is 13.1. The highest BCUT2D eigenvalue weighted by molar-refractivity contribution is 5.86. The van der Waals surface area contributed by atoms with Gasteiger partial charge in [0.2, 0.25) is 0 Å². The van der Waals surface area contributed by atoms with Crippen LogP contribution in [0.25, 0.3) is 22.2 Å². The molecular formula is C32H42N4O4. The van der Waals surface area contributed by atoms with Crippen molar-refractivity contribution in [2.75, 3.05) is 13.1 Å². The van der Waals surface area contributed by atoms with Crippen LogP contribution in [0.3, 0.4) is 0 Å². The van der Waals surface area contributed by atoms with Gasteiger partial charge in [-0.3, -0.25) is 4.79 Å². The zero-order valence-electron chi connectivity index (χ0n) is 24.8. The van der Waals surface area contributed by atoms with E-state index < -0.39 is 11.2 Å². The number of rotatable bonds is 4. The van der Waals surface area contributed by atoms with E-state index in [0.717, 1.165) is 46.1 Å². The number of aliphatic hydroxyl groups is 1. The quantitative estimate of drug-likeness (QED) is 0.413. The molecule has 2 aliphatic rings. The summed E-state index contributed by atoms with van der Waals surface area (Å²) in [5.41, 5.74) is 5.42. The topological polar surface area (TPSA) is 98.8 Å². The maximum Gasteiger partial charge on any atom is 0.410 e. The number of aromatic amines is 1. The van der Waals surface area contributed by atoms with Crippen molar-refractivity contribution in [2.45, 2.75) is 97.4 Å². The number of carbonyl (C=O) groups excluding carboxylic acids is 2. The normalized spacial score (nSPS) is 18.0. The van der Waals surface area contributed by atoms with E-state index in [1.54, 1.807) is 4.90 Å². The molecule has 0 unspecified atom stereocenters. The van der Waals surface area contributed by atoms with Crippen LogP contribution < -0.4 is 0 Å². The van der Waals surface area contributed by atoms with E-state index in [4.69, 9.17) is 9.72 Å². The number of H-pyrrole nitrogens is 1. The van der Waals surface area contributed by atoms with Crippen molar-refractivity contribution < 1.29 is 19.4 Å². The highest BCUT2D eigenvalue weighted by atomic mass is 16.6. The Bertz CT molecular complexity index is 1440. The van der Waals surface area contributed by atoms with Gasteiger partial charge < -0.3 is 24.6 Å². The molecule has 5 rings (SSSR count). The molecule has 1 atom stereocenters. The number of nitrogens with one attached hydrogen (secondary N) is 1. The molecule has 214 valence electrons. The van der Waals surface area contributed by atoms with Crippen molar-refractivity contribution in [3.05, 3.63) is 52.8 Å². The first-order valence-corrected chi connectivity index (χ1v) is 14.4. The van der Waals surface area contributed by atoms with Gasteiger partial charge in [-0.25, -0.2) is 9.78 Å². The summed E-state index contributed by atoms with van der Waals surface area (Å²) in [6.45, 7) is 14.6. The summed E-state index contributed by atoms with van der Waals surface area (Å²) in [5.74, 6) is 0.0805. The lowest BCUT2D eigenvalue weighted by Crippen LogP contribution is -2.47. The van der Waals surface area contributed by atoms with Crippen LogP contribution in [0, 0.1) is 0 Å². The molecule has 2 N–H and O–H groups in total. The summed E-state index contributed by atoms with van der Waals surface area (Å²) in [6, 6.07) is 6.43. The summed E-state index contributed by atoms with van der Waals surface area (Å²) >= 11 is 0. The highest BCUT2D eigenvalue weighted by Crippen LogP contribution is 2.41. The van der Waals surface area contributed by atoms with E-state index in [1.165, 1.54) is 25.0 Å². The molecule has 0 bridgehead atoms. The van der Waals surface area contributed by atoms with E-state index in [2.05, 4.69) is 37.0 Å². The fourth-order valence-electron chi connectivity index (χ4n) is 6.01. The first kappa shape index (κ1) is 28.1. The van der Waals surface area contributed by atoms with Crippen molar-refractivity contribution >= 4 is 23.0 Å². The van der Waals surface area contributed by atoms with Crippen LogP contribution in [0.1, 0.15) is 95.5 Å². The molecule has 3 aromatic rings. The number of amides is 2. The lowest BCUT2D eigenvalue weighted by Gasteiger charge is -2.36. The fourth-order valence-corrected chi connectivity index (χ4v) is 6.01. The molecule has 1 aromatic carbocycles. The molecule has 2 aromatic heterocycles. The number of likely N-dealkylation sites (tertiary alicyclic amines) is 1. The van der Waals surface area contributed by atoms with Crippen molar-refractivity contribution in [1.82, 2.24) is 19.8 Å². The minimum atomic E-state index is -1.45. The molecule has 1 fully saturated rings. The molecule has 0 saturated carbocycles. The van der Waals surface area contributed by atoms with Crippen LogP contribution in [-0.2, 0) is 22.5 Å². The molecule has 1 saturated heterocycles. The Morgan fingerprint density at radius 3 is 2.52 bits per heavy atom. The van der Waals surface area contributed by atoms with Crippen molar-refractivity contribution in [3.8, 4) is 11.1 Å². The van der Waals surface area contributed by atoms with Crippen molar-refractivity contribution in [2.24, 2.45) is 0 Å². The minimum absolute atomic E-state index is 0.157. The molecule has 4 heterocycles. The molecule has 0 radical (unpaired) electrons. The number of benzene rings is 1. The zero-order chi connectivity index (χ0) is 29.0. The number of fused-ring (bicyclic) bond motifs is 2. The van der Waals surface area contributed by atoms with E-state index in [-0.39, 0.29) is 18.0 Å². The number of aromatic nitrogens is 2. The predicted octanol–water partition coefficient (Wildman–Crippen LogP) is 6.08. The first-order chi connectivity index (χ1) is 18.7. The van der Waals surface area contributed by atoms with E-state index in [1.807, 2.05) is 38.1 Å². The SMILES string of the molecule is CC(C)c1c[nH]c2ncc(-c3cc4c(c([C@@H]5CCCN5C(=O)OC(C)(C)C)c3)CN(C(=O)C(C)(C)O)CC4)cc12. The third kappa shape index (κ3) is 5.46. The maximum atomic E-state index is 13.3. The molecule has 0 aliphatic carbocycles. The molecular weight excluding hydrogens is 504 g/mol. The van der Waals surface area contributed by atoms with Crippen LogP contribution in [-0.4, -0.2) is 61.2 Å². The number of hydrogen-bond donors (Lipinski definition) is 2. The average molecular weight is 547 g/mol. The minimum Gasteiger partial charge on any atom is -0.444 e. The largest absolute Gasteiger partial charge is 0.444 e. The number of nitrogens with zero attached hydrogens (tertiary/aromatic N) is 3. The second-order valence-electron chi connectivity index (χ2n) is 13.1. The fraction of sp³-hybridized carbons (Fsp3) is 0.531. The van der Waals surface area contributed by atoms with Crippen LogP contribution in [0.4, 0.5) is 4.79 Å². The Morgan fingerprint density at radius 2 is 1.85 bits per heavy atom. The monoisotopic (exact) mass is 546 g/mol. The van der Waals surface area contributed by atoms with Crippen molar-refractivity contribution in [1.29, 1.82) is 0 Å². The maximum absolute atomic E-state index is 13.3. The van der Waals surface area contributed by atoms with Gasteiger partial charge in [-0.15, -0.1) is 0 Å². The Hall–Kier alpha value is -3.39. The van der Waals surface area contributed by atoms with Gasteiger partial charge in [-0.05, 0) is 99.7 Å². The summed E-state index contributed by atoms with van der Waals surface area (Å²) in [7, 11) is 0. The van der Waals surface area contributed by atoms with E-state index in [0.29, 0.717) is 32.0 Å².